The molecule has 6 heterocycles. The van der Waals surface area contributed by atoms with Crippen molar-refractivity contribution in [3.63, 3.8) is 0 Å². The average Bonchev–Trinajstić information content (AvgIpc) is 3.52. The van der Waals surface area contributed by atoms with E-state index >= 15 is 0 Å². The fourth-order valence-corrected chi connectivity index (χ4v) is 9.70. The average molecular weight is 651 g/mol. The molecule has 1 atom stereocenters. The highest BCUT2D eigenvalue weighted by atomic mass is 16.2. The number of carbonyl (C=O) groups excluding carboxylic acids is 1. The van der Waals surface area contributed by atoms with Gasteiger partial charge in [0.2, 0.25) is 5.91 Å². The molecule has 2 N–H and O–H groups in total. The molecule has 5 fully saturated rings. The fourth-order valence-electron chi connectivity index (χ4n) is 9.70. The predicted octanol–water partition coefficient (Wildman–Crippen LogP) is 5.95. The Bertz CT molecular complexity index is 1680. The number of piperidine rings is 2. The highest BCUT2D eigenvalue weighted by Gasteiger charge is 2.55. The van der Waals surface area contributed by atoms with Gasteiger partial charge in [0.1, 0.15) is 5.52 Å². The first-order valence-electron chi connectivity index (χ1n) is 19.1. The summed E-state index contributed by atoms with van der Waals surface area (Å²) in [5, 5.41) is 7.29. The van der Waals surface area contributed by atoms with E-state index in [1.54, 1.807) is 0 Å². The second-order valence-electron chi connectivity index (χ2n) is 16.8. The zero-order chi connectivity index (χ0) is 32.6. The van der Waals surface area contributed by atoms with Crippen LogP contribution in [0.3, 0.4) is 0 Å². The highest BCUT2D eigenvalue weighted by Crippen LogP contribution is 2.52. The standard InChI is InChI=1S/C39H54N8O/c1-26(2)46-25-41-33-22-32(43-36(35(33)46)42-28-8-9-28)27-7-10-31-34(19-27)47(30-20-29(21-30)45-15-5-4-6-16-45)37(48)39(31)12-17-44(18-13-39)24-38(3)11-14-40-23-38/h7,10,19,22,25-26,28-30,40H,4-6,8-9,11-18,20-21,23-24H2,1-3H3,(H,42,43)/t29-,30+,38-/m1/s1. The Hall–Kier alpha value is -3.01. The van der Waals surface area contributed by atoms with Gasteiger partial charge < -0.3 is 29.9 Å². The minimum Gasteiger partial charge on any atom is -0.366 e. The van der Waals surface area contributed by atoms with Crippen LogP contribution in [0, 0.1) is 5.41 Å². The molecule has 1 spiro atoms. The lowest BCUT2D eigenvalue weighted by Crippen LogP contribution is -2.58. The molecule has 9 heteroatoms. The van der Waals surface area contributed by atoms with Crippen molar-refractivity contribution < 1.29 is 4.79 Å². The maximum atomic E-state index is 14.9. The Labute approximate surface area is 285 Å². The Balaban J connectivity index is 1.05. The van der Waals surface area contributed by atoms with Crippen molar-refractivity contribution in [1.29, 1.82) is 0 Å². The van der Waals surface area contributed by atoms with Gasteiger partial charge in [0.15, 0.2) is 5.82 Å². The molecule has 2 aromatic heterocycles. The summed E-state index contributed by atoms with van der Waals surface area (Å²) < 4.78 is 2.23. The van der Waals surface area contributed by atoms with E-state index in [1.807, 2.05) is 6.33 Å². The molecule has 6 aliphatic rings. The lowest BCUT2D eigenvalue weighted by Gasteiger charge is -2.48. The number of likely N-dealkylation sites (tertiary alicyclic amines) is 2. The van der Waals surface area contributed by atoms with Gasteiger partial charge in [-0.1, -0.05) is 25.5 Å². The van der Waals surface area contributed by atoms with Gasteiger partial charge in [-0.2, -0.15) is 0 Å². The molecule has 48 heavy (non-hydrogen) atoms. The topological polar surface area (TPSA) is 81.6 Å². The van der Waals surface area contributed by atoms with Crippen LogP contribution in [0.25, 0.3) is 22.3 Å². The number of nitrogens with zero attached hydrogens (tertiary/aromatic N) is 6. The number of fused-ring (bicyclic) bond motifs is 3. The third kappa shape index (κ3) is 5.26. The normalized spacial score (nSPS) is 29.2. The van der Waals surface area contributed by atoms with Gasteiger partial charge in [-0.05, 0) is 127 Å². The quantitative estimate of drug-likeness (QED) is 0.312. The lowest BCUT2D eigenvalue weighted by molar-refractivity contribution is -0.126. The summed E-state index contributed by atoms with van der Waals surface area (Å²) >= 11 is 0. The molecular formula is C39H54N8O. The zero-order valence-electron chi connectivity index (χ0n) is 29.3. The number of benzene rings is 1. The number of rotatable bonds is 8. The first-order valence-corrected chi connectivity index (χ1v) is 19.1. The molecule has 3 saturated heterocycles. The zero-order valence-corrected chi connectivity index (χ0v) is 29.3. The molecule has 3 aromatic rings. The van der Waals surface area contributed by atoms with Crippen LogP contribution >= 0.6 is 0 Å². The summed E-state index contributed by atoms with van der Waals surface area (Å²) in [6, 6.07) is 10.7. The summed E-state index contributed by atoms with van der Waals surface area (Å²) in [5.41, 5.74) is 6.40. The lowest BCUT2D eigenvalue weighted by atomic mass is 9.73. The van der Waals surface area contributed by atoms with E-state index in [0.717, 1.165) is 92.2 Å². The van der Waals surface area contributed by atoms with Gasteiger partial charge in [-0.15, -0.1) is 0 Å². The summed E-state index contributed by atoms with van der Waals surface area (Å²) in [6.07, 6.45) is 13.6. The second-order valence-corrected chi connectivity index (χ2v) is 16.8. The third-order valence-corrected chi connectivity index (χ3v) is 12.9. The summed E-state index contributed by atoms with van der Waals surface area (Å²) in [7, 11) is 0. The molecule has 0 unspecified atom stereocenters. The summed E-state index contributed by atoms with van der Waals surface area (Å²) in [4.78, 5) is 32.6. The van der Waals surface area contributed by atoms with Crippen molar-refractivity contribution in [2.24, 2.45) is 5.41 Å². The van der Waals surface area contributed by atoms with E-state index in [1.165, 1.54) is 57.2 Å². The van der Waals surface area contributed by atoms with E-state index in [-0.39, 0.29) is 6.04 Å². The molecule has 0 radical (unpaired) electrons. The van der Waals surface area contributed by atoms with Gasteiger partial charge in [-0.25, -0.2) is 9.97 Å². The number of pyridine rings is 1. The molecular weight excluding hydrogens is 596 g/mol. The maximum Gasteiger partial charge on any atom is 0.238 e. The molecule has 9 nitrogen and oxygen atoms in total. The SMILES string of the molecule is CC(C)n1cnc2cc(-c3ccc4c(c3)N([C@H]3C[C@@H](N5CCCCC5)C3)C(=O)C43CCN(C[C@]4(C)CCNC4)CC3)nc(NC3CC3)c21. The summed E-state index contributed by atoms with van der Waals surface area (Å²) in [6.45, 7) is 14.6. The maximum absolute atomic E-state index is 14.9. The number of hydrogen-bond acceptors (Lipinski definition) is 7. The Kier molecular flexibility index (Phi) is 7.62. The molecule has 9 rings (SSSR count). The molecule has 1 aromatic carbocycles. The van der Waals surface area contributed by atoms with Gasteiger partial charge in [-0.3, -0.25) is 4.79 Å². The van der Waals surface area contributed by atoms with Crippen LogP contribution in [-0.2, 0) is 10.2 Å². The van der Waals surface area contributed by atoms with Crippen molar-refractivity contribution in [3.05, 3.63) is 36.2 Å². The Morgan fingerprint density at radius 1 is 1.00 bits per heavy atom. The number of hydrogen-bond donors (Lipinski definition) is 2. The van der Waals surface area contributed by atoms with E-state index < -0.39 is 5.41 Å². The molecule has 256 valence electrons. The van der Waals surface area contributed by atoms with Crippen LogP contribution in [0.5, 0.6) is 0 Å². The molecule has 2 aliphatic carbocycles. The molecule has 4 aliphatic heterocycles. The highest BCUT2D eigenvalue weighted by molar-refractivity contribution is 6.09. The van der Waals surface area contributed by atoms with Crippen molar-refractivity contribution in [3.8, 4) is 11.3 Å². The van der Waals surface area contributed by atoms with E-state index in [4.69, 9.17) is 9.97 Å². The first kappa shape index (κ1) is 31.0. The number of aromatic nitrogens is 3. The van der Waals surface area contributed by atoms with Crippen molar-refractivity contribution in [2.45, 2.75) is 115 Å². The first-order chi connectivity index (χ1) is 23.3. The van der Waals surface area contributed by atoms with Crippen LogP contribution in [0.15, 0.2) is 30.6 Å². The minimum atomic E-state index is -0.415. The van der Waals surface area contributed by atoms with Crippen LogP contribution in [-0.4, -0.2) is 94.2 Å². The van der Waals surface area contributed by atoms with Gasteiger partial charge in [0.25, 0.3) is 0 Å². The molecule has 1 amide bonds. The molecule has 0 bridgehead atoms. The van der Waals surface area contributed by atoms with E-state index in [2.05, 4.69) is 74.9 Å². The van der Waals surface area contributed by atoms with Gasteiger partial charge >= 0.3 is 0 Å². The van der Waals surface area contributed by atoms with Crippen LogP contribution in [0.1, 0.15) is 96.6 Å². The van der Waals surface area contributed by atoms with Crippen molar-refractivity contribution in [1.82, 2.24) is 29.7 Å². The number of nitrogens with one attached hydrogen (secondary N) is 2. The number of imidazole rings is 1. The smallest absolute Gasteiger partial charge is 0.238 e. The predicted molar refractivity (Wildman–Crippen MR) is 193 cm³/mol. The Morgan fingerprint density at radius 3 is 2.50 bits per heavy atom. The second kappa shape index (κ2) is 11.8. The largest absolute Gasteiger partial charge is 0.366 e. The Morgan fingerprint density at radius 2 is 1.79 bits per heavy atom. The monoisotopic (exact) mass is 650 g/mol. The number of anilines is 2. The number of amides is 1. The minimum absolute atomic E-state index is 0.281. The van der Waals surface area contributed by atoms with Crippen LogP contribution in [0.2, 0.25) is 0 Å². The summed E-state index contributed by atoms with van der Waals surface area (Å²) in [5.74, 6) is 1.29. The van der Waals surface area contributed by atoms with Crippen molar-refractivity contribution >= 4 is 28.4 Å². The fraction of sp³-hybridized carbons (Fsp3) is 0.667. The van der Waals surface area contributed by atoms with E-state index in [0.29, 0.717) is 29.4 Å². The molecule has 2 saturated carbocycles. The van der Waals surface area contributed by atoms with Crippen molar-refractivity contribution in [2.75, 3.05) is 56.0 Å². The van der Waals surface area contributed by atoms with Crippen LogP contribution in [0.4, 0.5) is 11.5 Å². The third-order valence-electron chi connectivity index (χ3n) is 12.9. The van der Waals surface area contributed by atoms with Gasteiger partial charge in [0, 0.05) is 48.5 Å². The number of carbonyl (C=O) groups is 1. The van der Waals surface area contributed by atoms with Crippen LogP contribution < -0.4 is 15.5 Å². The van der Waals surface area contributed by atoms with Gasteiger partial charge in [0.05, 0.1) is 23.0 Å². The van der Waals surface area contributed by atoms with E-state index in [9.17, 15) is 4.79 Å².